The molecule has 0 aromatic heterocycles. The molecule has 0 unspecified atom stereocenters. The minimum absolute atomic E-state index is 0.0432. The molecule has 0 amide bonds. The van der Waals surface area contributed by atoms with Crippen LogP contribution in [0.2, 0.25) is 0 Å². The monoisotopic (exact) mass is 363 g/mol. The first-order valence-electron chi connectivity index (χ1n) is 11.0. The Kier molecular flexibility index (Phi) is 6.21. The molecule has 3 rings (SSSR count). The zero-order valence-electron chi connectivity index (χ0n) is 17.8. The maximum absolute atomic E-state index is 6.37. The lowest BCUT2D eigenvalue weighted by atomic mass is 9.78. The van der Waals surface area contributed by atoms with Crippen LogP contribution in [0.5, 0.6) is 0 Å². The second kappa shape index (κ2) is 7.93. The van der Waals surface area contributed by atoms with E-state index in [1.165, 1.54) is 38.5 Å². The van der Waals surface area contributed by atoms with Crippen LogP contribution in [0.25, 0.3) is 0 Å². The molecule has 2 heterocycles. The van der Waals surface area contributed by atoms with Gasteiger partial charge in [-0.05, 0) is 65.2 Å². The van der Waals surface area contributed by atoms with Crippen molar-refractivity contribution in [3.63, 3.8) is 0 Å². The summed E-state index contributed by atoms with van der Waals surface area (Å²) in [6.45, 7) is 12.9. The van der Waals surface area contributed by atoms with Crippen molar-refractivity contribution in [2.45, 2.75) is 103 Å². The number of ether oxygens (including phenoxy) is 2. The van der Waals surface area contributed by atoms with E-state index < -0.39 is 5.79 Å². The van der Waals surface area contributed by atoms with Crippen LogP contribution in [-0.2, 0) is 9.47 Å². The number of hydrogen-bond donors (Lipinski definition) is 1. The van der Waals surface area contributed by atoms with Crippen LogP contribution < -0.4 is 5.32 Å². The minimum Gasteiger partial charge on any atom is -0.349 e. The van der Waals surface area contributed by atoms with Gasteiger partial charge in [0.15, 0.2) is 5.79 Å². The van der Waals surface area contributed by atoms with Crippen LogP contribution in [0.4, 0.5) is 0 Å². The van der Waals surface area contributed by atoms with Crippen LogP contribution in [0.1, 0.15) is 86.0 Å². The number of rotatable bonds is 4. The summed E-state index contributed by atoms with van der Waals surface area (Å²) in [5.74, 6) is 1.77. The fourth-order valence-electron chi connectivity index (χ4n) is 5.73. The first-order valence-corrected chi connectivity index (χ1v) is 11.0. The highest BCUT2D eigenvalue weighted by molar-refractivity contribution is 5.03. The molecule has 0 radical (unpaired) electrons. The number of hydrogen-bond acceptors (Lipinski definition) is 3. The van der Waals surface area contributed by atoms with Crippen molar-refractivity contribution in [2.75, 3.05) is 13.2 Å². The Morgan fingerprint density at radius 3 is 1.92 bits per heavy atom. The molecule has 1 spiro atoms. The van der Waals surface area contributed by atoms with Crippen molar-refractivity contribution in [3.8, 4) is 0 Å². The lowest BCUT2D eigenvalue weighted by molar-refractivity contribution is -0.306. The normalized spacial score (nSPS) is 34.3. The van der Waals surface area contributed by atoms with Gasteiger partial charge in [-0.15, -0.1) is 0 Å². The average molecular weight is 364 g/mol. The van der Waals surface area contributed by atoms with E-state index in [0.717, 1.165) is 37.9 Å². The summed E-state index contributed by atoms with van der Waals surface area (Å²) in [4.78, 5) is 0. The molecule has 26 heavy (non-hydrogen) atoms. The standard InChI is InChI=1S/C23H41NO2/c1-6-7-18-8-10-19(11-9-18)12-13-20-14-25-23(26-15-20)16-21(2,3)24-22(4,5)17-23/h12-13,18-20,24H,6-11,14-17H2,1-5H3/b13-12+. The third-order valence-corrected chi connectivity index (χ3v) is 6.46. The summed E-state index contributed by atoms with van der Waals surface area (Å²) in [5, 5.41) is 3.72. The van der Waals surface area contributed by atoms with E-state index in [1.807, 2.05) is 0 Å². The highest BCUT2D eigenvalue weighted by Gasteiger charge is 2.50. The van der Waals surface area contributed by atoms with Gasteiger partial charge in [-0.1, -0.05) is 31.9 Å². The predicted octanol–water partition coefficient (Wildman–Crippen LogP) is 5.45. The summed E-state index contributed by atoms with van der Waals surface area (Å²) in [6, 6.07) is 0. The van der Waals surface area contributed by atoms with Gasteiger partial charge in [0, 0.05) is 29.8 Å². The van der Waals surface area contributed by atoms with Crippen LogP contribution in [0, 0.1) is 17.8 Å². The van der Waals surface area contributed by atoms with E-state index in [0.29, 0.717) is 5.92 Å². The minimum atomic E-state index is -0.402. The van der Waals surface area contributed by atoms with Crippen molar-refractivity contribution in [1.29, 1.82) is 0 Å². The summed E-state index contributed by atoms with van der Waals surface area (Å²) < 4.78 is 12.7. The molecule has 1 saturated carbocycles. The average Bonchev–Trinajstić information content (AvgIpc) is 2.53. The molecule has 3 nitrogen and oxygen atoms in total. The van der Waals surface area contributed by atoms with E-state index in [1.54, 1.807) is 0 Å². The fourth-order valence-corrected chi connectivity index (χ4v) is 5.73. The van der Waals surface area contributed by atoms with Gasteiger partial charge in [-0.25, -0.2) is 0 Å². The van der Waals surface area contributed by atoms with Crippen LogP contribution in [0.15, 0.2) is 12.2 Å². The maximum Gasteiger partial charge on any atom is 0.171 e. The molecule has 3 heteroatoms. The van der Waals surface area contributed by atoms with Crippen molar-refractivity contribution in [2.24, 2.45) is 17.8 Å². The molecule has 150 valence electrons. The zero-order valence-corrected chi connectivity index (χ0v) is 17.8. The van der Waals surface area contributed by atoms with Crippen LogP contribution >= 0.6 is 0 Å². The van der Waals surface area contributed by atoms with Crippen molar-refractivity contribution < 1.29 is 9.47 Å². The van der Waals surface area contributed by atoms with Gasteiger partial charge in [0.25, 0.3) is 0 Å². The molecular formula is C23H41NO2. The van der Waals surface area contributed by atoms with E-state index in [9.17, 15) is 0 Å². The molecule has 3 aliphatic rings. The fraction of sp³-hybridized carbons (Fsp3) is 0.913. The van der Waals surface area contributed by atoms with Gasteiger partial charge >= 0.3 is 0 Å². The number of piperidine rings is 1. The van der Waals surface area contributed by atoms with Gasteiger partial charge in [0.2, 0.25) is 0 Å². The van der Waals surface area contributed by atoms with Crippen molar-refractivity contribution >= 4 is 0 Å². The lowest BCUT2D eigenvalue weighted by Crippen LogP contribution is -2.66. The second-order valence-corrected chi connectivity index (χ2v) is 10.5. The summed E-state index contributed by atoms with van der Waals surface area (Å²) in [5.41, 5.74) is 0.0864. The van der Waals surface area contributed by atoms with Gasteiger partial charge in [-0.3, -0.25) is 0 Å². The Labute approximate surface area is 161 Å². The van der Waals surface area contributed by atoms with Crippen LogP contribution in [0.3, 0.4) is 0 Å². The molecule has 1 N–H and O–H groups in total. The van der Waals surface area contributed by atoms with Gasteiger partial charge < -0.3 is 14.8 Å². The first-order chi connectivity index (χ1) is 12.2. The number of allylic oxidation sites excluding steroid dienone is 1. The quantitative estimate of drug-likeness (QED) is 0.674. The largest absolute Gasteiger partial charge is 0.349 e. The maximum atomic E-state index is 6.37. The van der Waals surface area contributed by atoms with Gasteiger partial charge in [-0.2, -0.15) is 0 Å². The van der Waals surface area contributed by atoms with Gasteiger partial charge in [0.05, 0.1) is 13.2 Å². The Bertz CT molecular complexity index is 462. The SMILES string of the molecule is CCCC1CCC(/C=C/C2COC3(CC(C)(C)NC(C)(C)C3)OC2)CC1. The number of nitrogens with one attached hydrogen (secondary N) is 1. The molecule has 2 saturated heterocycles. The van der Waals surface area contributed by atoms with Crippen molar-refractivity contribution in [1.82, 2.24) is 5.32 Å². The smallest absolute Gasteiger partial charge is 0.171 e. The molecule has 0 aromatic carbocycles. The van der Waals surface area contributed by atoms with E-state index in [4.69, 9.17) is 9.47 Å². The summed E-state index contributed by atoms with van der Waals surface area (Å²) >= 11 is 0. The van der Waals surface area contributed by atoms with Gasteiger partial charge in [0.1, 0.15) is 0 Å². The zero-order chi connectivity index (χ0) is 18.8. The Balaban J connectivity index is 1.48. The Morgan fingerprint density at radius 2 is 1.38 bits per heavy atom. The predicted molar refractivity (Wildman–Crippen MR) is 108 cm³/mol. The van der Waals surface area contributed by atoms with E-state index in [2.05, 4.69) is 52.1 Å². The topological polar surface area (TPSA) is 30.5 Å². The lowest BCUT2D eigenvalue weighted by Gasteiger charge is -2.54. The molecule has 0 aromatic rings. The van der Waals surface area contributed by atoms with E-state index >= 15 is 0 Å². The third-order valence-electron chi connectivity index (χ3n) is 6.46. The third kappa shape index (κ3) is 5.33. The molecule has 2 aliphatic heterocycles. The van der Waals surface area contributed by atoms with E-state index in [-0.39, 0.29) is 11.1 Å². The molecule has 0 bridgehead atoms. The Hall–Kier alpha value is -0.380. The summed E-state index contributed by atoms with van der Waals surface area (Å²) in [6.07, 6.45) is 15.0. The molecule has 3 fully saturated rings. The molecular weight excluding hydrogens is 322 g/mol. The van der Waals surface area contributed by atoms with Crippen LogP contribution in [-0.4, -0.2) is 30.1 Å². The van der Waals surface area contributed by atoms with Crippen molar-refractivity contribution in [3.05, 3.63) is 12.2 Å². The second-order valence-electron chi connectivity index (χ2n) is 10.5. The summed E-state index contributed by atoms with van der Waals surface area (Å²) in [7, 11) is 0. The highest BCUT2D eigenvalue weighted by Crippen LogP contribution is 2.42. The molecule has 1 aliphatic carbocycles. The highest BCUT2D eigenvalue weighted by atomic mass is 16.7. The first kappa shape index (κ1) is 20.4. The molecule has 0 atom stereocenters. The Morgan fingerprint density at radius 1 is 0.846 bits per heavy atom.